The molecule has 1 N–H and O–H groups in total. The molecule has 2 aromatic rings. The van der Waals surface area contributed by atoms with Crippen LogP contribution in [0, 0.1) is 5.92 Å². The molecule has 2 heterocycles. The lowest BCUT2D eigenvalue weighted by molar-refractivity contribution is -0.130. The van der Waals surface area contributed by atoms with E-state index in [4.69, 9.17) is 4.74 Å². The van der Waals surface area contributed by atoms with Crippen molar-refractivity contribution >= 4 is 5.91 Å². The second kappa shape index (κ2) is 6.96. The molecular weight excluding hydrogens is 321 g/mol. The number of benzene rings is 1. The number of rotatable bonds is 5. The van der Waals surface area contributed by atoms with E-state index in [0.717, 1.165) is 12.1 Å². The first-order chi connectivity index (χ1) is 12.2. The third-order valence-corrected chi connectivity index (χ3v) is 4.97. The molecule has 5 nitrogen and oxygen atoms in total. The highest BCUT2D eigenvalue weighted by atomic mass is 19.1. The number of halogens is 1. The van der Waals surface area contributed by atoms with Crippen LogP contribution in [-0.2, 0) is 22.5 Å². The van der Waals surface area contributed by atoms with Gasteiger partial charge in [-0.3, -0.25) is 9.48 Å². The molecule has 0 unspecified atom stereocenters. The number of carbonyl (C=O) groups is 1. The highest BCUT2D eigenvalue weighted by Gasteiger charge is 2.35. The molecule has 0 radical (unpaired) electrons. The van der Waals surface area contributed by atoms with Gasteiger partial charge in [0.1, 0.15) is 12.3 Å². The minimum absolute atomic E-state index is 0.0756. The van der Waals surface area contributed by atoms with Crippen molar-refractivity contribution in [1.82, 2.24) is 15.1 Å². The van der Waals surface area contributed by atoms with E-state index in [1.165, 1.54) is 11.1 Å². The number of aromatic nitrogens is 2. The predicted octanol–water partition coefficient (Wildman–Crippen LogP) is 2.41. The van der Waals surface area contributed by atoms with Crippen molar-refractivity contribution in [2.75, 3.05) is 13.2 Å². The minimum Gasteiger partial charge on any atom is -0.370 e. The van der Waals surface area contributed by atoms with Crippen molar-refractivity contribution in [3.8, 4) is 0 Å². The quantitative estimate of drug-likeness (QED) is 0.907. The highest BCUT2D eigenvalue weighted by Crippen LogP contribution is 2.30. The number of alkyl halides is 1. The van der Waals surface area contributed by atoms with Crippen LogP contribution in [0.4, 0.5) is 4.39 Å². The Kier molecular flexibility index (Phi) is 4.53. The molecule has 4 rings (SSSR count). The summed E-state index contributed by atoms with van der Waals surface area (Å²) in [6, 6.07) is 10.2. The van der Waals surface area contributed by atoms with E-state index in [1.807, 2.05) is 22.9 Å². The maximum atomic E-state index is 12.9. The topological polar surface area (TPSA) is 56.1 Å². The SMILES string of the molecule is O=C(NC[C@@H]1OCCc2cn(Cc3ccccc3)nc21)C1CC(F)C1. The Balaban J connectivity index is 1.40. The Morgan fingerprint density at radius 1 is 1.32 bits per heavy atom. The van der Waals surface area contributed by atoms with Gasteiger partial charge >= 0.3 is 0 Å². The molecule has 1 aliphatic heterocycles. The molecule has 132 valence electrons. The molecule has 1 amide bonds. The molecule has 0 bridgehead atoms. The van der Waals surface area contributed by atoms with E-state index in [1.54, 1.807) is 0 Å². The molecule has 6 heteroatoms. The van der Waals surface area contributed by atoms with E-state index in [-0.39, 0.29) is 17.9 Å². The number of nitrogens with one attached hydrogen (secondary N) is 1. The Labute approximate surface area is 146 Å². The van der Waals surface area contributed by atoms with Crippen LogP contribution in [-0.4, -0.2) is 35.0 Å². The maximum Gasteiger partial charge on any atom is 0.223 e. The summed E-state index contributed by atoms with van der Waals surface area (Å²) in [5, 5.41) is 7.57. The lowest BCUT2D eigenvalue weighted by Gasteiger charge is -2.29. The first-order valence-electron chi connectivity index (χ1n) is 8.82. The lowest BCUT2D eigenvalue weighted by Crippen LogP contribution is -2.41. The van der Waals surface area contributed by atoms with Crippen LogP contribution in [0.2, 0.25) is 0 Å². The summed E-state index contributed by atoms with van der Waals surface area (Å²) in [5.74, 6) is -0.262. The van der Waals surface area contributed by atoms with Gasteiger partial charge in [-0.05, 0) is 30.4 Å². The van der Waals surface area contributed by atoms with Gasteiger partial charge < -0.3 is 10.1 Å². The Bertz CT molecular complexity index is 740. The molecule has 0 spiro atoms. The summed E-state index contributed by atoms with van der Waals surface area (Å²) in [5.41, 5.74) is 3.27. The number of carbonyl (C=O) groups excluding carboxylic acids is 1. The molecule has 2 aliphatic rings. The van der Waals surface area contributed by atoms with E-state index < -0.39 is 6.17 Å². The van der Waals surface area contributed by atoms with Gasteiger partial charge in [0.25, 0.3) is 0 Å². The third-order valence-electron chi connectivity index (χ3n) is 4.97. The molecule has 1 aromatic carbocycles. The Hall–Kier alpha value is -2.21. The summed E-state index contributed by atoms with van der Waals surface area (Å²) >= 11 is 0. The number of amides is 1. The summed E-state index contributed by atoms with van der Waals surface area (Å²) in [4.78, 5) is 12.0. The van der Waals surface area contributed by atoms with E-state index in [2.05, 4.69) is 28.7 Å². The van der Waals surface area contributed by atoms with Gasteiger partial charge in [0.2, 0.25) is 5.91 Å². The van der Waals surface area contributed by atoms with Crippen molar-refractivity contribution < 1.29 is 13.9 Å². The fourth-order valence-corrected chi connectivity index (χ4v) is 3.44. The Morgan fingerprint density at radius 3 is 2.88 bits per heavy atom. The molecule has 1 fully saturated rings. The predicted molar refractivity (Wildman–Crippen MR) is 90.8 cm³/mol. The van der Waals surface area contributed by atoms with E-state index in [0.29, 0.717) is 32.5 Å². The number of ether oxygens (including phenoxy) is 1. The normalized spacial score (nSPS) is 25.1. The number of nitrogens with zero attached hydrogens (tertiary/aromatic N) is 2. The van der Waals surface area contributed by atoms with Crippen LogP contribution in [0.15, 0.2) is 36.5 Å². The third kappa shape index (κ3) is 3.58. The van der Waals surface area contributed by atoms with E-state index >= 15 is 0 Å². The first-order valence-corrected chi connectivity index (χ1v) is 8.82. The lowest BCUT2D eigenvalue weighted by atomic mass is 9.83. The van der Waals surface area contributed by atoms with Crippen molar-refractivity contribution in [2.24, 2.45) is 5.92 Å². The summed E-state index contributed by atoms with van der Waals surface area (Å²) in [6.45, 7) is 1.73. The summed E-state index contributed by atoms with van der Waals surface area (Å²) in [6.07, 6.45) is 2.54. The van der Waals surface area contributed by atoms with Gasteiger partial charge in [-0.1, -0.05) is 30.3 Å². The van der Waals surface area contributed by atoms with Crippen LogP contribution in [0.3, 0.4) is 0 Å². The fraction of sp³-hybridized carbons (Fsp3) is 0.474. The van der Waals surface area contributed by atoms with E-state index in [9.17, 15) is 9.18 Å². The molecule has 1 aliphatic carbocycles. The monoisotopic (exact) mass is 343 g/mol. The van der Waals surface area contributed by atoms with Gasteiger partial charge in [-0.25, -0.2) is 4.39 Å². The largest absolute Gasteiger partial charge is 0.370 e. The second-order valence-electron chi connectivity index (χ2n) is 6.84. The van der Waals surface area contributed by atoms with Crippen LogP contribution in [0.25, 0.3) is 0 Å². The fourth-order valence-electron chi connectivity index (χ4n) is 3.44. The van der Waals surface area contributed by atoms with Crippen LogP contribution in [0.5, 0.6) is 0 Å². The van der Waals surface area contributed by atoms with Crippen LogP contribution in [0.1, 0.15) is 35.8 Å². The summed E-state index contributed by atoms with van der Waals surface area (Å²) < 4.78 is 20.6. The molecule has 0 saturated heterocycles. The smallest absolute Gasteiger partial charge is 0.223 e. The van der Waals surface area contributed by atoms with Gasteiger partial charge in [0.05, 0.1) is 18.8 Å². The van der Waals surface area contributed by atoms with Crippen LogP contribution < -0.4 is 5.32 Å². The van der Waals surface area contributed by atoms with Gasteiger partial charge in [-0.2, -0.15) is 5.10 Å². The molecule has 25 heavy (non-hydrogen) atoms. The average Bonchev–Trinajstić information content (AvgIpc) is 3.00. The zero-order valence-corrected chi connectivity index (χ0v) is 14.0. The number of fused-ring (bicyclic) bond motifs is 1. The van der Waals surface area contributed by atoms with Crippen molar-refractivity contribution in [3.05, 3.63) is 53.3 Å². The average molecular weight is 343 g/mol. The van der Waals surface area contributed by atoms with Gasteiger partial charge in [0, 0.05) is 18.7 Å². The maximum absolute atomic E-state index is 12.9. The highest BCUT2D eigenvalue weighted by molar-refractivity contribution is 5.79. The zero-order chi connectivity index (χ0) is 17.2. The summed E-state index contributed by atoms with van der Waals surface area (Å²) in [7, 11) is 0. The first kappa shape index (κ1) is 16.3. The Morgan fingerprint density at radius 2 is 2.12 bits per heavy atom. The minimum atomic E-state index is -0.818. The number of hydrogen-bond donors (Lipinski definition) is 1. The molecular formula is C19H22FN3O2. The van der Waals surface area contributed by atoms with Crippen molar-refractivity contribution in [3.63, 3.8) is 0 Å². The van der Waals surface area contributed by atoms with Gasteiger partial charge in [-0.15, -0.1) is 0 Å². The number of hydrogen-bond acceptors (Lipinski definition) is 3. The zero-order valence-electron chi connectivity index (χ0n) is 14.0. The molecule has 1 atom stereocenters. The van der Waals surface area contributed by atoms with Crippen molar-refractivity contribution in [2.45, 2.75) is 38.1 Å². The van der Waals surface area contributed by atoms with Crippen LogP contribution >= 0.6 is 0 Å². The second-order valence-corrected chi connectivity index (χ2v) is 6.84. The standard InChI is InChI=1S/C19H22FN3O2/c20-16-8-15(9-16)19(24)21-10-17-18-14(6-7-25-17)12-23(22-18)11-13-4-2-1-3-5-13/h1-5,12,15-17H,6-11H2,(H,21,24)/t15?,16?,17-/m0/s1. The molecule has 1 saturated carbocycles. The van der Waals surface area contributed by atoms with Crippen molar-refractivity contribution in [1.29, 1.82) is 0 Å². The van der Waals surface area contributed by atoms with Gasteiger partial charge in [0.15, 0.2) is 0 Å². The molecule has 1 aromatic heterocycles.